The van der Waals surface area contributed by atoms with Crippen LogP contribution in [0, 0.1) is 0 Å². The molecule has 12 heteroatoms. The van der Waals surface area contributed by atoms with E-state index < -0.39 is 48.4 Å². The third-order valence-electron chi connectivity index (χ3n) is 4.05. The first-order valence-electron chi connectivity index (χ1n) is 8.66. The zero-order valence-electron chi connectivity index (χ0n) is 16.8. The van der Waals surface area contributed by atoms with E-state index in [1.807, 2.05) is 0 Å². The molecule has 0 radical (unpaired) electrons. The molecule has 30 heavy (non-hydrogen) atoms. The van der Waals surface area contributed by atoms with Gasteiger partial charge >= 0.3 is 30.0 Å². The number of carbonyl (C=O) groups is 4. The Labute approximate surface area is 178 Å². The summed E-state index contributed by atoms with van der Waals surface area (Å²) in [7, 11) is 1.39. The van der Waals surface area contributed by atoms with E-state index in [1.165, 1.54) is 50.8 Å². The van der Waals surface area contributed by atoms with Crippen LogP contribution in [-0.4, -0.2) is 55.8 Å². The molecule has 166 valence electrons. The minimum atomic E-state index is -1.11. The Bertz CT molecular complexity index is 817. The Hall–Kier alpha value is -2.92. The van der Waals surface area contributed by atoms with Crippen molar-refractivity contribution in [1.29, 1.82) is 0 Å². The lowest BCUT2D eigenvalue weighted by molar-refractivity contribution is -0.768. The van der Waals surface area contributed by atoms with E-state index in [9.17, 15) is 19.2 Å². The Morgan fingerprint density at radius 1 is 1.03 bits per heavy atom. The number of primary amides is 1. The van der Waals surface area contributed by atoms with Gasteiger partial charge in [-0.05, 0) is 6.07 Å². The van der Waals surface area contributed by atoms with Crippen molar-refractivity contribution in [1.82, 2.24) is 0 Å². The summed E-state index contributed by atoms with van der Waals surface area (Å²) >= 11 is 0. The predicted octanol–water partition coefficient (Wildman–Crippen LogP) is -3.59. The summed E-state index contributed by atoms with van der Waals surface area (Å²) in [6.07, 6.45) is -2.82. The number of esters is 3. The molecule has 1 fully saturated rings. The average molecular weight is 447 g/mol. The van der Waals surface area contributed by atoms with Crippen LogP contribution >= 0.6 is 0 Å². The van der Waals surface area contributed by atoms with E-state index in [4.69, 9.17) is 29.4 Å². The number of hydrogen-bond donors (Lipinski definition) is 1. The maximum absolute atomic E-state index is 11.7. The number of nitrogens with zero attached hydrogens (tertiary/aromatic N) is 1. The van der Waals surface area contributed by atoms with Crippen LogP contribution in [0.3, 0.4) is 0 Å². The summed E-state index contributed by atoms with van der Waals surface area (Å²) in [6.45, 7) is 3.33. The van der Waals surface area contributed by atoms with E-state index in [2.05, 4.69) is 0 Å². The normalized spacial score (nSPS) is 22.4. The topological polar surface area (TPSA) is 144 Å². The van der Waals surface area contributed by atoms with Crippen LogP contribution in [0.15, 0.2) is 18.3 Å². The molecule has 2 heterocycles. The van der Waals surface area contributed by atoms with Crippen LogP contribution in [0.4, 0.5) is 0 Å². The highest BCUT2D eigenvalue weighted by atomic mass is 35.5. The second-order valence-electron chi connectivity index (χ2n) is 6.25. The van der Waals surface area contributed by atoms with Crippen molar-refractivity contribution in [2.75, 3.05) is 13.7 Å². The quantitative estimate of drug-likeness (QED) is 0.255. The van der Waals surface area contributed by atoms with E-state index >= 15 is 0 Å². The van der Waals surface area contributed by atoms with Crippen LogP contribution < -0.4 is 27.4 Å². The van der Waals surface area contributed by atoms with Gasteiger partial charge in [0.2, 0.25) is 6.10 Å². The largest absolute Gasteiger partial charge is 1.00 e. The Kier molecular flexibility index (Phi) is 8.99. The molecule has 1 saturated heterocycles. The number of carbonyl (C=O) groups excluding carboxylic acids is 4. The highest BCUT2D eigenvalue weighted by Gasteiger charge is 2.55. The summed E-state index contributed by atoms with van der Waals surface area (Å²) in [5.41, 5.74) is 5.49. The molecule has 0 aromatic carbocycles. The minimum Gasteiger partial charge on any atom is -1.00 e. The minimum absolute atomic E-state index is 0. The molecule has 0 spiro atoms. The first-order valence-corrected chi connectivity index (χ1v) is 8.66. The van der Waals surface area contributed by atoms with Crippen molar-refractivity contribution in [3.8, 4) is 5.88 Å². The highest BCUT2D eigenvalue weighted by molar-refractivity contribution is 5.92. The number of amides is 1. The molecule has 1 aliphatic heterocycles. The van der Waals surface area contributed by atoms with E-state index in [0.717, 1.165) is 0 Å². The summed E-state index contributed by atoms with van der Waals surface area (Å²) < 4.78 is 28.2. The molecule has 4 unspecified atom stereocenters. The van der Waals surface area contributed by atoms with Gasteiger partial charge in [-0.15, -0.1) is 4.57 Å². The van der Waals surface area contributed by atoms with Crippen molar-refractivity contribution < 1.29 is 59.8 Å². The molecule has 1 aromatic heterocycles. The van der Waals surface area contributed by atoms with E-state index in [-0.39, 0.29) is 30.5 Å². The van der Waals surface area contributed by atoms with Gasteiger partial charge in [-0.1, -0.05) is 0 Å². The van der Waals surface area contributed by atoms with Crippen LogP contribution in [-0.2, 0) is 33.3 Å². The van der Waals surface area contributed by atoms with Crippen molar-refractivity contribution in [3.63, 3.8) is 0 Å². The van der Waals surface area contributed by atoms with Gasteiger partial charge < -0.3 is 41.8 Å². The van der Waals surface area contributed by atoms with Crippen LogP contribution in [0.2, 0.25) is 0 Å². The summed E-state index contributed by atoms with van der Waals surface area (Å²) in [6, 6.07) is 2.93. The van der Waals surface area contributed by atoms with Gasteiger partial charge in [0, 0.05) is 20.8 Å². The predicted molar refractivity (Wildman–Crippen MR) is 93.4 cm³/mol. The zero-order chi connectivity index (χ0) is 21.7. The van der Waals surface area contributed by atoms with Gasteiger partial charge in [-0.25, -0.2) is 0 Å². The van der Waals surface area contributed by atoms with Gasteiger partial charge in [0.1, 0.15) is 18.3 Å². The Morgan fingerprint density at radius 2 is 1.63 bits per heavy atom. The molecular formula is C18H23ClN2O9. The Balaban J connectivity index is 0.00000450. The van der Waals surface area contributed by atoms with Crippen LogP contribution in [0.1, 0.15) is 37.4 Å². The van der Waals surface area contributed by atoms with Crippen molar-refractivity contribution in [2.24, 2.45) is 5.73 Å². The molecule has 1 aromatic rings. The van der Waals surface area contributed by atoms with Crippen molar-refractivity contribution in [2.45, 2.75) is 45.3 Å². The first-order chi connectivity index (χ1) is 13.6. The maximum atomic E-state index is 11.7. The summed E-state index contributed by atoms with van der Waals surface area (Å²) in [5.74, 6) is -2.31. The fraction of sp³-hybridized carbons (Fsp3) is 0.500. The molecule has 4 atom stereocenters. The lowest BCUT2D eigenvalue weighted by atomic mass is 10.1. The smallest absolute Gasteiger partial charge is 0.369 e. The maximum Gasteiger partial charge on any atom is 0.369 e. The number of nitrogens with two attached hydrogens (primary N) is 1. The Morgan fingerprint density at radius 3 is 2.13 bits per heavy atom. The van der Waals surface area contributed by atoms with Crippen molar-refractivity contribution >= 4 is 23.8 Å². The van der Waals surface area contributed by atoms with Gasteiger partial charge in [0.25, 0.3) is 5.91 Å². The summed E-state index contributed by atoms with van der Waals surface area (Å²) in [4.78, 5) is 46.1. The number of rotatable bonds is 7. The number of hydrogen-bond acceptors (Lipinski definition) is 9. The average Bonchev–Trinajstić information content (AvgIpc) is 2.95. The molecule has 2 N–H and O–H groups in total. The molecule has 1 aliphatic rings. The summed E-state index contributed by atoms with van der Waals surface area (Å²) in [5, 5.41) is 0. The fourth-order valence-corrected chi connectivity index (χ4v) is 2.94. The lowest BCUT2D eigenvalue weighted by Crippen LogP contribution is -3.00. The third kappa shape index (κ3) is 6.04. The standard InChI is InChI=1S/C18H22N2O9.ClH/c1-9(21)26-8-13-15(27-10(2)22)16(28-11(3)23)18(29-13)20-7-12(17(19)24)5-6-14(20)25-4;/h5-7,13,15-16,18H,8H2,1-4H3,(H-,19,24);1H. The van der Waals surface area contributed by atoms with Gasteiger partial charge in [-0.2, -0.15) is 0 Å². The van der Waals surface area contributed by atoms with Crippen LogP contribution in [0.5, 0.6) is 5.88 Å². The van der Waals surface area contributed by atoms with Crippen LogP contribution in [0.25, 0.3) is 0 Å². The monoisotopic (exact) mass is 446 g/mol. The molecule has 0 saturated carbocycles. The van der Waals surface area contributed by atoms with E-state index in [0.29, 0.717) is 0 Å². The van der Waals surface area contributed by atoms with Gasteiger partial charge in [0.05, 0.1) is 13.2 Å². The number of aromatic nitrogens is 1. The molecular weight excluding hydrogens is 424 g/mol. The third-order valence-corrected chi connectivity index (χ3v) is 4.05. The molecule has 11 nitrogen and oxygen atoms in total. The fourth-order valence-electron chi connectivity index (χ4n) is 2.94. The number of methoxy groups -OCH3 is 1. The molecule has 0 bridgehead atoms. The van der Waals surface area contributed by atoms with Gasteiger partial charge in [0.15, 0.2) is 12.3 Å². The number of pyridine rings is 1. The first kappa shape index (κ1) is 25.1. The zero-order valence-corrected chi connectivity index (χ0v) is 17.6. The molecule has 2 rings (SSSR count). The lowest BCUT2D eigenvalue weighted by Gasteiger charge is -2.21. The second kappa shape index (κ2) is 10.7. The highest BCUT2D eigenvalue weighted by Crippen LogP contribution is 2.32. The number of ether oxygens (including phenoxy) is 5. The molecule has 1 amide bonds. The van der Waals surface area contributed by atoms with Gasteiger partial charge in [-0.3, -0.25) is 19.2 Å². The van der Waals surface area contributed by atoms with Crippen molar-refractivity contribution in [3.05, 3.63) is 23.9 Å². The number of halogens is 1. The second-order valence-corrected chi connectivity index (χ2v) is 6.25. The van der Waals surface area contributed by atoms with E-state index in [1.54, 1.807) is 0 Å². The molecule has 0 aliphatic carbocycles. The SMILES string of the molecule is COc1ccc(C(N)=O)c[n+]1C1OC(COC(C)=O)C(OC(C)=O)C1OC(C)=O.[Cl-].